The first-order valence-corrected chi connectivity index (χ1v) is 13.6. The highest BCUT2D eigenvalue weighted by molar-refractivity contribution is 5.85. The molecular formula is C29H42ClNO4. The Morgan fingerprint density at radius 2 is 1.89 bits per heavy atom. The maximum atomic E-state index is 12.2. The Labute approximate surface area is 216 Å². The average Bonchev–Trinajstić information content (AvgIpc) is 3.53. The van der Waals surface area contributed by atoms with Gasteiger partial charge in [0.25, 0.3) is 0 Å². The first-order valence-electron chi connectivity index (χ1n) is 13.6. The van der Waals surface area contributed by atoms with Crippen molar-refractivity contribution in [3.63, 3.8) is 0 Å². The van der Waals surface area contributed by atoms with Crippen molar-refractivity contribution in [2.24, 2.45) is 22.7 Å². The Bertz CT molecular complexity index is 1060. The number of likely N-dealkylation sites (tertiary alicyclic amines) is 1. The van der Waals surface area contributed by atoms with Crippen LogP contribution in [0.3, 0.4) is 0 Å². The van der Waals surface area contributed by atoms with E-state index in [4.69, 9.17) is 9.47 Å². The lowest BCUT2D eigenvalue weighted by Gasteiger charge is -2.75. The Kier molecular flexibility index (Phi) is 4.93. The van der Waals surface area contributed by atoms with Crippen LogP contribution >= 0.6 is 12.4 Å². The molecule has 5 fully saturated rings. The van der Waals surface area contributed by atoms with Crippen LogP contribution in [0.25, 0.3) is 0 Å². The highest BCUT2D eigenvalue weighted by Gasteiger charge is 2.82. The molecule has 2 spiro atoms. The normalized spacial score (nSPS) is 42.6. The van der Waals surface area contributed by atoms with Crippen LogP contribution in [0, 0.1) is 22.7 Å². The fourth-order valence-corrected chi connectivity index (χ4v) is 9.58. The van der Waals surface area contributed by atoms with Crippen molar-refractivity contribution in [2.45, 2.75) is 101 Å². The van der Waals surface area contributed by atoms with Crippen molar-refractivity contribution in [1.29, 1.82) is 0 Å². The van der Waals surface area contributed by atoms with Gasteiger partial charge in [0.05, 0.1) is 5.60 Å². The molecule has 2 aliphatic heterocycles. The number of benzene rings is 1. The SMILES string of the molecule is COC12CC[C@@]3(C[C@@H]1[C@](C)(O)C(C)(C)C)[C@H]1Cc4ccc(O)c5c4[C@@]3(CCN1CC1CC1)[C@H]2O5.Cl. The molecule has 4 saturated carbocycles. The van der Waals surface area contributed by atoms with E-state index in [1.807, 2.05) is 20.1 Å². The van der Waals surface area contributed by atoms with Crippen LogP contribution in [0.5, 0.6) is 11.5 Å². The smallest absolute Gasteiger partial charge is 0.165 e. The number of hydrogen-bond acceptors (Lipinski definition) is 5. The summed E-state index contributed by atoms with van der Waals surface area (Å²) in [7, 11) is 1.83. The largest absolute Gasteiger partial charge is 0.504 e. The lowest BCUT2D eigenvalue weighted by atomic mass is 9.33. The van der Waals surface area contributed by atoms with E-state index < -0.39 is 11.2 Å². The summed E-state index contributed by atoms with van der Waals surface area (Å²) in [5.41, 5.74) is 0.783. The Hall–Kier alpha value is -1.01. The van der Waals surface area contributed by atoms with Crippen LogP contribution in [0.4, 0.5) is 0 Å². The Morgan fingerprint density at radius 1 is 1.14 bits per heavy atom. The molecule has 2 N–H and O–H groups in total. The van der Waals surface area contributed by atoms with Crippen LogP contribution in [0.15, 0.2) is 12.1 Å². The van der Waals surface area contributed by atoms with Gasteiger partial charge in [-0.1, -0.05) is 26.8 Å². The highest BCUT2D eigenvalue weighted by atomic mass is 35.5. The molecule has 0 radical (unpaired) electrons. The Balaban J connectivity index is 0.00000229. The lowest BCUT2D eigenvalue weighted by Crippen LogP contribution is -2.83. The number of halogens is 1. The third-order valence-electron chi connectivity index (χ3n) is 11.9. The summed E-state index contributed by atoms with van der Waals surface area (Å²) in [5.74, 6) is 1.80. The highest BCUT2D eigenvalue weighted by Crippen LogP contribution is 2.78. The van der Waals surface area contributed by atoms with Crippen molar-refractivity contribution in [3.8, 4) is 11.5 Å². The number of methoxy groups -OCH3 is 1. The molecule has 194 valence electrons. The van der Waals surface area contributed by atoms with Crippen LogP contribution in [0.1, 0.15) is 77.3 Å². The van der Waals surface area contributed by atoms with Gasteiger partial charge in [-0.15, -0.1) is 12.4 Å². The quantitative estimate of drug-likeness (QED) is 0.616. The molecule has 1 aromatic carbocycles. The van der Waals surface area contributed by atoms with Crippen LogP contribution in [-0.2, 0) is 16.6 Å². The van der Waals surface area contributed by atoms with E-state index in [-0.39, 0.29) is 46.4 Å². The van der Waals surface area contributed by atoms with Crippen molar-refractivity contribution in [1.82, 2.24) is 4.90 Å². The van der Waals surface area contributed by atoms with Gasteiger partial charge in [-0.2, -0.15) is 0 Å². The lowest BCUT2D eigenvalue weighted by molar-refractivity contribution is -0.312. The minimum absolute atomic E-state index is 0. The van der Waals surface area contributed by atoms with E-state index >= 15 is 0 Å². The second-order valence-corrected chi connectivity index (χ2v) is 13.8. The predicted molar refractivity (Wildman–Crippen MR) is 137 cm³/mol. The molecule has 35 heavy (non-hydrogen) atoms. The first kappa shape index (κ1) is 24.3. The van der Waals surface area contributed by atoms with Gasteiger partial charge in [0.2, 0.25) is 0 Å². The van der Waals surface area contributed by atoms with Crippen molar-refractivity contribution < 1.29 is 19.7 Å². The Morgan fingerprint density at radius 3 is 2.54 bits per heavy atom. The second kappa shape index (κ2) is 7.09. The molecule has 6 heteroatoms. The maximum Gasteiger partial charge on any atom is 0.165 e. The minimum atomic E-state index is -0.909. The number of ether oxygens (including phenoxy) is 2. The van der Waals surface area contributed by atoms with Crippen LogP contribution in [-0.4, -0.2) is 58.7 Å². The summed E-state index contributed by atoms with van der Waals surface area (Å²) in [6.07, 6.45) is 7.64. The molecule has 0 aromatic heterocycles. The molecule has 4 bridgehead atoms. The fraction of sp³-hybridized carbons (Fsp3) is 0.793. The average molecular weight is 504 g/mol. The molecule has 1 saturated heterocycles. The summed E-state index contributed by atoms with van der Waals surface area (Å²) in [5, 5.41) is 23.2. The predicted octanol–water partition coefficient (Wildman–Crippen LogP) is 4.84. The fourth-order valence-electron chi connectivity index (χ4n) is 9.58. The van der Waals surface area contributed by atoms with E-state index in [0.717, 1.165) is 44.6 Å². The molecule has 2 heterocycles. The summed E-state index contributed by atoms with van der Waals surface area (Å²) in [4.78, 5) is 2.82. The molecular weight excluding hydrogens is 462 g/mol. The number of nitrogens with zero attached hydrogens (tertiary/aromatic N) is 1. The van der Waals surface area contributed by atoms with E-state index in [1.54, 1.807) is 0 Å². The standard InChI is InChI=1S/C29H41NO4.ClH/c1-25(2,3)26(4,32)20-15-27-10-11-29(20,33-5)24-28(27)12-13-30(16-17-6-7-17)21(27)14-18-8-9-19(31)23(34-24)22(18)28;/h8-9,17,20-21,24,31-32H,6-7,10-16H2,1-5H3;1H/t20-,21-,24-,26+,27-,28+,29?;/m1./s1. The third kappa shape index (κ3) is 2.62. The molecule has 7 aliphatic rings. The van der Waals surface area contributed by atoms with Gasteiger partial charge < -0.3 is 19.7 Å². The third-order valence-corrected chi connectivity index (χ3v) is 11.9. The molecule has 8 rings (SSSR count). The van der Waals surface area contributed by atoms with E-state index in [1.165, 1.54) is 30.5 Å². The number of fused-ring (bicyclic) bond motifs is 2. The van der Waals surface area contributed by atoms with Crippen molar-refractivity contribution in [3.05, 3.63) is 23.3 Å². The van der Waals surface area contributed by atoms with Crippen molar-refractivity contribution >= 4 is 12.4 Å². The molecule has 7 atom stereocenters. The molecule has 0 amide bonds. The van der Waals surface area contributed by atoms with Gasteiger partial charge in [0, 0.05) is 42.0 Å². The van der Waals surface area contributed by atoms with Crippen LogP contribution in [0.2, 0.25) is 0 Å². The zero-order chi connectivity index (χ0) is 23.9. The number of piperidine rings is 1. The zero-order valence-corrected chi connectivity index (χ0v) is 22.7. The van der Waals surface area contributed by atoms with Crippen molar-refractivity contribution in [2.75, 3.05) is 20.2 Å². The van der Waals surface area contributed by atoms with Gasteiger partial charge in [0.1, 0.15) is 11.7 Å². The monoisotopic (exact) mass is 503 g/mol. The van der Waals surface area contributed by atoms with E-state index in [2.05, 4.69) is 31.7 Å². The summed E-state index contributed by atoms with van der Waals surface area (Å²) in [6, 6.07) is 4.46. The van der Waals surface area contributed by atoms with E-state index in [0.29, 0.717) is 11.8 Å². The van der Waals surface area contributed by atoms with Crippen LogP contribution < -0.4 is 4.74 Å². The van der Waals surface area contributed by atoms with Gasteiger partial charge >= 0.3 is 0 Å². The topological polar surface area (TPSA) is 62.2 Å². The summed E-state index contributed by atoms with van der Waals surface area (Å²) in [6.45, 7) is 10.8. The minimum Gasteiger partial charge on any atom is -0.504 e. The number of phenolic OH excluding ortho intramolecular Hbond substituents is 1. The van der Waals surface area contributed by atoms with Gasteiger partial charge in [-0.3, -0.25) is 4.90 Å². The molecule has 5 nitrogen and oxygen atoms in total. The number of aliphatic hydroxyl groups is 1. The second-order valence-electron chi connectivity index (χ2n) is 13.8. The number of phenols is 1. The van der Waals surface area contributed by atoms with Gasteiger partial charge in [-0.25, -0.2) is 0 Å². The maximum absolute atomic E-state index is 12.2. The zero-order valence-electron chi connectivity index (χ0n) is 21.9. The molecule has 1 unspecified atom stereocenters. The first-order chi connectivity index (χ1) is 16.0. The number of hydrogen-bond donors (Lipinski definition) is 2. The molecule has 1 aromatic rings. The van der Waals surface area contributed by atoms with Gasteiger partial charge in [-0.05, 0) is 81.4 Å². The summed E-state index contributed by atoms with van der Waals surface area (Å²) >= 11 is 0. The van der Waals surface area contributed by atoms with E-state index in [9.17, 15) is 10.2 Å². The van der Waals surface area contributed by atoms with Gasteiger partial charge in [0.15, 0.2) is 11.5 Å². The number of rotatable bonds is 4. The number of aromatic hydroxyl groups is 1. The molecule has 5 aliphatic carbocycles. The summed E-state index contributed by atoms with van der Waals surface area (Å²) < 4.78 is 13.5.